The predicted molar refractivity (Wildman–Crippen MR) is 86.4 cm³/mol. The average Bonchev–Trinajstić information content (AvgIpc) is 2.74. The molecule has 0 radical (unpaired) electrons. The van der Waals surface area contributed by atoms with Crippen molar-refractivity contribution in [3.63, 3.8) is 0 Å². The maximum atomic E-state index is 4.56. The van der Waals surface area contributed by atoms with Gasteiger partial charge in [-0.3, -0.25) is 0 Å². The Kier molecular flexibility index (Phi) is 3.42. The number of fused-ring (bicyclic) bond motifs is 1. The number of aromatic nitrogens is 2. The summed E-state index contributed by atoms with van der Waals surface area (Å²) in [5.74, 6) is 0. The number of halogens is 1. The van der Waals surface area contributed by atoms with Crippen molar-refractivity contribution in [1.82, 2.24) is 9.38 Å². The molecule has 0 unspecified atom stereocenters. The van der Waals surface area contributed by atoms with E-state index in [0.29, 0.717) is 0 Å². The Hall–Kier alpha value is -1.56. The summed E-state index contributed by atoms with van der Waals surface area (Å²) in [6, 6.07) is 14.5. The van der Waals surface area contributed by atoms with Crippen molar-refractivity contribution in [2.24, 2.45) is 0 Å². The summed E-state index contributed by atoms with van der Waals surface area (Å²) in [5, 5.41) is 3.44. The fourth-order valence-corrected chi connectivity index (χ4v) is 2.49. The van der Waals surface area contributed by atoms with E-state index in [9.17, 15) is 0 Å². The second-order valence-corrected chi connectivity index (χ2v) is 5.68. The molecular formula is C15H14IN3. The van der Waals surface area contributed by atoms with E-state index in [1.54, 1.807) is 0 Å². The van der Waals surface area contributed by atoms with Gasteiger partial charge in [-0.05, 0) is 65.9 Å². The van der Waals surface area contributed by atoms with Gasteiger partial charge in [0, 0.05) is 15.5 Å². The average molecular weight is 363 g/mol. The van der Waals surface area contributed by atoms with Gasteiger partial charge < -0.3 is 9.72 Å². The minimum absolute atomic E-state index is 0.775. The molecule has 0 amide bonds. The van der Waals surface area contributed by atoms with Crippen LogP contribution in [0.1, 0.15) is 11.4 Å². The molecule has 0 fully saturated rings. The lowest BCUT2D eigenvalue weighted by Crippen LogP contribution is -2.03. The fraction of sp³-hybridized carbons (Fsp3) is 0.133. The Morgan fingerprint density at radius 3 is 2.74 bits per heavy atom. The largest absolute Gasteiger partial charge is 0.379 e. The third-order valence-corrected chi connectivity index (χ3v) is 3.85. The lowest BCUT2D eigenvalue weighted by molar-refractivity contribution is 0.987. The van der Waals surface area contributed by atoms with Crippen LogP contribution in [0.25, 0.3) is 5.65 Å². The molecule has 2 aromatic heterocycles. The molecule has 0 aliphatic heterocycles. The Labute approximate surface area is 125 Å². The first-order valence-corrected chi connectivity index (χ1v) is 7.24. The van der Waals surface area contributed by atoms with Crippen LogP contribution in [-0.2, 0) is 6.54 Å². The van der Waals surface area contributed by atoms with Crippen molar-refractivity contribution < 1.29 is 0 Å². The van der Waals surface area contributed by atoms with E-state index in [1.807, 2.05) is 18.2 Å². The van der Waals surface area contributed by atoms with E-state index < -0.39 is 0 Å². The molecule has 2 heterocycles. The third-order valence-electron chi connectivity index (χ3n) is 3.13. The molecule has 0 spiro atoms. The lowest BCUT2D eigenvalue weighted by atomic mass is 10.3. The van der Waals surface area contributed by atoms with Crippen molar-refractivity contribution in [3.05, 3.63) is 63.6 Å². The summed E-state index contributed by atoms with van der Waals surface area (Å²) in [6.45, 7) is 2.83. The van der Waals surface area contributed by atoms with Crippen LogP contribution in [0.15, 0.2) is 48.7 Å². The number of benzene rings is 1. The molecule has 0 saturated carbocycles. The van der Waals surface area contributed by atoms with E-state index in [-0.39, 0.29) is 0 Å². The first-order chi connectivity index (χ1) is 9.24. The van der Waals surface area contributed by atoms with Crippen LogP contribution in [0.5, 0.6) is 0 Å². The lowest BCUT2D eigenvalue weighted by Gasteiger charge is -2.07. The zero-order valence-corrected chi connectivity index (χ0v) is 12.8. The first-order valence-electron chi connectivity index (χ1n) is 6.16. The summed E-state index contributed by atoms with van der Waals surface area (Å²) >= 11 is 2.31. The number of nitrogens with zero attached hydrogens (tertiary/aromatic N) is 2. The molecule has 3 rings (SSSR count). The molecule has 0 saturated heterocycles. The van der Waals surface area contributed by atoms with Gasteiger partial charge in [-0.1, -0.05) is 6.07 Å². The summed E-state index contributed by atoms with van der Waals surface area (Å²) in [6.07, 6.45) is 2.06. The Morgan fingerprint density at radius 1 is 1.16 bits per heavy atom. The van der Waals surface area contributed by atoms with E-state index >= 15 is 0 Å². The highest BCUT2D eigenvalue weighted by Crippen LogP contribution is 2.15. The van der Waals surface area contributed by atoms with Gasteiger partial charge in [-0.2, -0.15) is 0 Å². The SMILES string of the molecule is Cc1nc2ccccn2c1CNc1ccc(I)cc1. The van der Waals surface area contributed by atoms with E-state index in [4.69, 9.17) is 0 Å². The van der Waals surface area contributed by atoms with Gasteiger partial charge in [-0.25, -0.2) is 4.98 Å². The monoisotopic (exact) mass is 363 g/mol. The molecule has 0 aliphatic rings. The highest BCUT2D eigenvalue weighted by atomic mass is 127. The number of hydrogen-bond acceptors (Lipinski definition) is 2. The third kappa shape index (κ3) is 2.58. The van der Waals surface area contributed by atoms with Gasteiger partial charge in [0.1, 0.15) is 5.65 Å². The zero-order chi connectivity index (χ0) is 13.2. The zero-order valence-electron chi connectivity index (χ0n) is 10.6. The number of rotatable bonds is 3. The van der Waals surface area contributed by atoms with Crippen LogP contribution >= 0.6 is 22.6 Å². The van der Waals surface area contributed by atoms with Crippen molar-refractivity contribution in [2.45, 2.75) is 13.5 Å². The summed E-state index contributed by atoms with van der Waals surface area (Å²) in [5.41, 5.74) is 4.41. The number of anilines is 1. The van der Waals surface area contributed by atoms with Gasteiger partial charge in [-0.15, -0.1) is 0 Å². The molecule has 1 N–H and O–H groups in total. The minimum Gasteiger partial charge on any atom is -0.379 e. The quantitative estimate of drug-likeness (QED) is 0.716. The van der Waals surface area contributed by atoms with Gasteiger partial charge in [0.2, 0.25) is 0 Å². The molecule has 0 atom stereocenters. The highest BCUT2D eigenvalue weighted by Gasteiger charge is 2.07. The van der Waals surface area contributed by atoms with Crippen molar-refractivity contribution in [1.29, 1.82) is 0 Å². The standard InChI is InChI=1S/C15H14IN3/c1-11-14(19-9-3-2-4-15(19)18-11)10-17-13-7-5-12(16)6-8-13/h2-9,17H,10H2,1H3. The number of hydrogen-bond donors (Lipinski definition) is 1. The Bertz CT molecular complexity index is 701. The topological polar surface area (TPSA) is 29.3 Å². The Morgan fingerprint density at radius 2 is 1.95 bits per heavy atom. The van der Waals surface area contributed by atoms with E-state index in [2.05, 4.69) is 74.7 Å². The molecule has 19 heavy (non-hydrogen) atoms. The van der Waals surface area contributed by atoms with Gasteiger partial charge in [0.15, 0.2) is 0 Å². The van der Waals surface area contributed by atoms with Gasteiger partial charge in [0.25, 0.3) is 0 Å². The number of imidazole rings is 1. The van der Waals surface area contributed by atoms with Crippen LogP contribution in [0.2, 0.25) is 0 Å². The van der Waals surface area contributed by atoms with Crippen LogP contribution in [0, 0.1) is 10.5 Å². The summed E-state index contributed by atoms with van der Waals surface area (Å²) in [7, 11) is 0. The predicted octanol–water partition coefficient (Wildman–Crippen LogP) is 3.86. The number of nitrogens with one attached hydrogen (secondary N) is 1. The van der Waals surface area contributed by atoms with Crippen LogP contribution in [-0.4, -0.2) is 9.38 Å². The molecule has 3 nitrogen and oxygen atoms in total. The number of aryl methyl sites for hydroxylation is 1. The molecule has 4 heteroatoms. The van der Waals surface area contributed by atoms with E-state index in [1.165, 1.54) is 9.26 Å². The summed E-state index contributed by atoms with van der Waals surface area (Å²) < 4.78 is 3.38. The second-order valence-electron chi connectivity index (χ2n) is 4.43. The van der Waals surface area contributed by atoms with Crippen molar-refractivity contribution in [2.75, 3.05) is 5.32 Å². The Balaban J connectivity index is 1.85. The fourth-order valence-electron chi connectivity index (χ4n) is 2.13. The summed E-state index contributed by atoms with van der Waals surface area (Å²) in [4.78, 5) is 4.56. The van der Waals surface area contributed by atoms with Gasteiger partial charge in [0.05, 0.1) is 17.9 Å². The molecule has 96 valence electrons. The first kappa shape index (κ1) is 12.5. The second kappa shape index (κ2) is 5.21. The van der Waals surface area contributed by atoms with Crippen LogP contribution in [0.3, 0.4) is 0 Å². The smallest absolute Gasteiger partial charge is 0.137 e. The molecule has 0 aliphatic carbocycles. The van der Waals surface area contributed by atoms with Crippen molar-refractivity contribution in [3.8, 4) is 0 Å². The van der Waals surface area contributed by atoms with Crippen LogP contribution in [0.4, 0.5) is 5.69 Å². The molecule has 3 aromatic rings. The highest BCUT2D eigenvalue weighted by molar-refractivity contribution is 14.1. The normalized spacial score (nSPS) is 10.8. The van der Waals surface area contributed by atoms with Gasteiger partial charge >= 0.3 is 0 Å². The van der Waals surface area contributed by atoms with Crippen molar-refractivity contribution >= 4 is 33.9 Å². The van der Waals surface area contributed by atoms with Crippen LogP contribution < -0.4 is 5.32 Å². The maximum Gasteiger partial charge on any atom is 0.137 e. The maximum absolute atomic E-state index is 4.56. The number of pyridine rings is 1. The minimum atomic E-state index is 0.775. The van der Waals surface area contributed by atoms with E-state index in [0.717, 1.165) is 23.6 Å². The molecule has 1 aromatic carbocycles. The molecule has 0 bridgehead atoms. The molecular weight excluding hydrogens is 349 g/mol.